The maximum atomic E-state index is 12.7. The Morgan fingerprint density at radius 2 is 1.90 bits per heavy atom. The fourth-order valence-electron chi connectivity index (χ4n) is 2.79. The summed E-state index contributed by atoms with van der Waals surface area (Å²) >= 11 is 5.75. The first-order valence-electron chi connectivity index (χ1n) is 8.32. The standard InChI is InChI=1S/C18H14ClF3N4O3/c1-10-16(28)25(17(29)26(10)12-5-3-2-4-6-12)9-14(27)24-15-13(19)7-11(8-23-15)18(20,21)22/h2-8,10H,9H2,1H3,(H,23,24,27). The summed E-state index contributed by atoms with van der Waals surface area (Å²) < 4.78 is 38.0. The van der Waals surface area contributed by atoms with Crippen LogP contribution in [0.15, 0.2) is 42.6 Å². The Labute approximate surface area is 168 Å². The Morgan fingerprint density at radius 3 is 2.48 bits per heavy atom. The number of halogens is 4. The molecule has 1 atom stereocenters. The number of imide groups is 1. The molecule has 2 aromatic rings. The first-order valence-corrected chi connectivity index (χ1v) is 8.69. The molecule has 2 heterocycles. The number of benzene rings is 1. The summed E-state index contributed by atoms with van der Waals surface area (Å²) in [5, 5.41) is 1.79. The van der Waals surface area contributed by atoms with Crippen LogP contribution >= 0.6 is 11.6 Å². The van der Waals surface area contributed by atoms with Crippen molar-refractivity contribution in [2.45, 2.75) is 19.1 Å². The Balaban J connectivity index is 1.72. The summed E-state index contributed by atoms with van der Waals surface area (Å²) in [5.74, 6) is -1.72. The van der Waals surface area contributed by atoms with E-state index in [1.807, 2.05) is 0 Å². The molecule has 29 heavy (non-hydrogen) atoms. The first kappa shape index (κ1) is 20.6. The Hall–Kier alpha value is -3.14. The molecular weight excluding hydrogens is 413 g/mol. The van der Waals surface area contributed by atoms with Gasteiger partial charge in [0.25, 0.3) is 5.91 Å². The van der Waals surface area contributed by atoms with E-state index in [0.29, 0.717) is 18.0 Å². The van der Waals surface area contributed by atoms with E-state index in [1.54, 1.807) is 30.3 Å². The number of para-hydroxylation sites is 1. The zero-order valence-electron chi connectivity index (χ0n) is 14.9. The number of nitrogens with zero attached hydrogens (tertiary/aromatic N) is 3. The SMILES string of the molecule is CC1C(=O)N(CC(=O)Nc2ncc(C(F)(F)F)cc2Cl)C(=O)N1c1ccccc1. The smallest absolute Gasteiger partial charge is 0.308 e. The number of pyridine rings is 1. The predicted molar refractivity (Wildman–Crippen MR) is 98.4 cm³/mol. The summed E-state index contributed by atoms with van der Waals surface area (Å²) in [4.78, 5) is 42.8. The van der Waals surface area contributed by atoms with E-state index in [4.69, 9.17) is 11.6 Å². The van der Waals surface area contributed by atoms with Crippen LogP contribution in [0.25, 0.3) is 0 Å². The second kappa shape index (κ2) is 7.70. The Kier molecular flexibility index (Phi) is 5.47. The molecule has 11 heteroatoms. The Bertz CT molecular complexity index is 969. The van der Waals surface area contributed by atoms with Gasteiger partial charge < -0.3 is 5.32 Å². The van der Waals surface area contributed by atoms with Gasteiger partial charge >= 0.3 is 12.2 Å². The third kappa shape index (κ3) is 4.16. The summed E-state index contributed by atoms with van der Waals surface area (Å²) in [5.41, 5.74) is -0.577. The van der Waals surface area contributed by atoms with Crippen LogP contribution < -0.4 is 10.2 Å². The highest BCUT2D eigenvalue weighted by molar-refractivity contribution is 6.33. The molecular formula is C18H14ClF3N4O3. The van der Waals surface area contributed by atoms with Crippen molar-refractivity contribution >= 4 is 41.0 Å². The van der Waals surface area contributed by atoms with Crippen molar-refractivity contribution in [2.24, 2.45) is 0 Å². The van der Waals surface area contributed by atoms with Crippen LogP contribution in [0, 0.1) is 0 Å². The molecule has 0 spiro atoms. The predicted octanol–water partition coefficient (Wildman–Crippen LogP) is 3.55. The van der Waals surface area contributed by atoms with Crippen LogP contribution in [0.1, 0.15) is 12.5 Å². The first-order chi connectivity index (χ1) is 13.6. The minimum atomic E-state index is -4.63. The van der Waals surface area contributed by atoms with Gasteiger partial charge in [-0.1, -0.05) is 29.8 Å². The maximum Gasteiger partial charge on any atom is 0.417 e. The molecule has 1 aromatic carbocycles. The number of carbonyl (C=O) groups excluding carboxylic acids is 3. The minimum Gasteiger partial charge on any atom is -0.308 e. The molecule has 1 fully saturated rings. The Morgan fingerprint density at radius 1 is 1.24 bits per heavy atom. The summed E-state index contributed by atoms with van der Waals surface area (Å²) in [6.45, 7) is 0.893. The number of urea groups is 1. The molecule has 0 radical (unpaired) electrons. The monoisotopic (exact) mass is 426 g/mol. The van der Waals surface area contributed by atoms with E-state index < -0.39 is 47.2 Å². The highest BCUT2D eigenvalue weighted by Crippen LogP contribution is 2.32. The number of hydrogen-bond donors (Lipinski definition) is 1. The molecule has 4 amide bonds. The van der Waals surface area contributed by atoms with E-state index in [1.165, 1.54) is 11.8 Å². The van der Waals surface area contributed by atoms with Crippen molar-refractivity contribution in [1.29, 1.82) is 0 Å². The third-order valence-corrected chi connectivity index (χ3v) is 4.50. The van der Waals surface area contributed by atoms with Crippen molar-refractivity contribution in [3.63, 3.8) is 0 Å². The quantitative estimate of drug-likeness (QED) is 0.758. The summed E-state index contributed by atoms with van der Waals surface area (Å²) in [7, 11) is 0. The van der Waals surface area contributed by atoms with E-state index in [2.05, 4.69) is 10.3 Å². The van der Waals surface area contributed by atoms with Crippen LogP contribution in [-0.2, 0) is 15.8 Å². The van der Waals surface area contributed by atoms with Gasteiger partial charge in [0.1, 0.15) is 12.6 Å². The number of rotatable bonds is 4. The lowest BCUT2D eigenvalue weighted by atomic mass is 10.2. The average Bonchev–Trinajstić information content (AvgIpc) is 2.86. The molecule has 1 aliphatic rings. The zero-order valence-corrected chi connectivity index (χ0v) is 15.7. The van der Waals surface area contributed by atoms with Gasteiger partial charge in [0, 0.05) is 11.9 Å². The highest BCUT2D eigenvalue weighted by Gasteiger charge is 2.44. The van der Waals surface area contributed by atoms with Gasteiger partial charge in [-0.3, -0.25) is 19.4 Å². The van der Waals surface area contributed by atoms with Crippen molar-refractivity contribution in [3.8, 4) is 0 Å². The number of amides is 4. The molecule has 1 N–H and O–H groups in total. The normalized spacial score (nSPS) is 17.1. The minimum absolute atomic E-state index is 0.309. The van der Waals surface area contributed by atoms with Gasteiger partial charge in [-0.25, -0.2) is 9.78 Å². The van der Waals surface area contributed by atoms with Gasteiger partial charge in [0.2, 0.25) is 5.91 Å². The average molecular weight is 427 g/mol. The van der Waals surface area contributed by atoms with Crippen molar-refractivity contribution < 1.29 is 27.6 Å². The molecule has 1 saturated heterocycles. The lowest BCUT2D eigenvalue weighted by Gasteiger charge is -2.19. The van der Waals surface area contributed by atoms with Crippen molar-refractivity contribution in [3.05, 3.63) is 53.2 Å². The van der Waals surface area contributed by atoms with Crippen LogP contribution in [0.3, 0.4) is 0 Å². The maximum absolute atomic E-state index is 12.7. The fraction of sp³-hybridized carbons (Fsp3) is 0.222. The number of carbonyl (C=O) groups is 3. The van der Waals surface area contributed by atoms with E-state index in [0.717, 1.165) is 4.90 Å². The zero-order chi connectivity index (χ0) is 21.3. The number of nitrogens with one attached hydrogen (secondary N) is 1. The third-order valence-electron chi connectivity index (χ3n) is 4.21. The largest absolute Gasteiger partial charge is 0.417 e. The molecule has 1 aromatic heterocycles. The lowest BCUT2D eigenvalue weighted by molar-refractivity contribution is -0.137. The van der Waals surface area contributed by atoms with Gasteiger partial charge in [-0.15, -0.1) is 0 Å². The van der Waals surface area contributed by atoms with Gasteiger partial charge in [0.05, 0.1) is 10.6 Å². The lowest BCUT2D eigenvalue weighted by Crippen LogP contribution is -2.39. The van der Waals surface area contributed by atoms with E-state index in [9.17, 15) is 27.6 Å². The molecule has 7 nitrogen and oxygen atoms in total. The molecule has 152 valence electrons. The summed E-state index contributed by atoms with van der Waals surface area (Å²) in [6.07, 6.45) is -4.11. The number of alkyl halides is 3. The molecule has 3 rings (SSSR count). The highest BCUT2D eigenvalue weighted by atomic mass is 35.5. The van der Waals surface area contributed by atoms with E-state index in [-0.39, 0.29) is 5.82 Å². The van der Waals surface area contributed by atoms with Gasteiger partial charge in [0.15, 0.2) is 5.82 Å². The van der Waals surface area contributed by atoms with Crippen LogP contribution in [-0.4, -0.2) is 40.3 Å². The molecule has 0 saturated carbocycles. The second-order valence-corrected chi connectivity index (χ2v) is 6.60. The van der Waals surface area contributed by atoms with Crippen molar-refractivity contribution in [1.82, 2.24) is 9.88 Å². The van der Waals surface area contributed by atoms with Gasteiger partial charge in [-0.2, -0.15) is 13.2 Å². The van der Waals surface area contributed by atoms with Crippen LogP contribution in [0.5, 0.6) is 0 Å². The molecule has 1 aliphatic heterocycles. The topological polar surface area (TPSA) is 82.6 Å². The van der Waals surface area contributed by atoms with Crippen molar-refractivity contribution in [2.75, 3.05) is 16.8 Å². The van der Waals surface area contributed by atoms with Gasteiger partial charge in [-0.05, 0) is 25.1 Å². The molecule has 0 bridgehead atoms. The molecule has 0 aliphatic carbocycles. The molecule has 1 unspecified atom stereocenters. The number of aromatic nitrogens is 1. The second-order valence-electron chi connectivity index (χ2n) is 6.19. The van der Waals surface area contributed by atoms with E-state index >= 15 is 0 Å². The van der Waals surface area contributed by atoms with Crippen LogP contribution in [0.2, 0.25) is 5.02 Å². The summed E-state index contributed by atoms with van der Waals surface area (Å²) in [6, 6.07) is 7.58. The van der Waals surface area contributed by atoms with Crippen LogP contribution in [0.4, 0.5) is 29.5 Å². The fourth-order valence-corrected chi connectivity index (χ4v) is 3.01. The number of anilines is 2. The number of hydrogen-bond acceptors (Lipinski definition) is 4.